The van der Waals surface area contributed by atoms with Crippen LogP contribution in [0.5, 0.6) is 0 Å². The third-order valence-corrected chi connectivity index (χ3v) is 5.98. The van der Waals surface area contributed by atoms with Crippen LogP contribution >= 0.6 is 0 Å². The molecule has 11 nitrogen and oxygen atoms in total. The molecule has 0 bridgehead atoms. The Morgan fingerprint density at radius 1 is 1.30 bits per heavy atom. The van der Waals surface area contributed by atoms with E-state index in [1.807, 2.05) is 32.0 Å². The van der Waals surface area contributed by atoms with Crippen molar-refractivity contribution in [1.82, 2.24) is 29.7 Å². The van der Waals surface area contributed by atoms with Crippen LogP contribution < -0.4 is 16.6 Å². The van der Waals surface area contributed by atoms with Gasteiger partial charge < -0.3 is 20.7 Å². The fourth-order valence-corrected chi connectivity index (χ4v) is 4.18. The number of nitrogens with two attached hydrogens (primary N) is 1. The van der Waals surface area contributed by atoms with Crippen LogP contribution in [-0.4, -0.2) is 41.4 Å². The minimum absolute atomic E-state index is 0.0211. The van der Waals surface area contributed by atoms with Gasteiger partial charge in [0, 0.05) is 18.6 Å². The molecule has 4 N–H and O–H groups in total. The summed E-state index contributed by atoms with van der Waals surface area (Å²) in [6.07, 6.45) is 2.06. The van der Waals surface area contributed by atoms with Crippen LogP contribution in [0.3, 0.4) is 0 Å². The summed E-state index contributed by atoms with van der Waals surface area (Å²) in [5.41, 5.74) is 7.86. The maximum atomic E-state index is 13.5. The second-order valence-corrected chi connectivity index (χ2v) is 8.36. The SMILES string of the molecule is Cc1noc(-c2c(N)ncnc2N[C@@H](C)c2nc3cccc(C)c3c(=O)n2C2CC2CO)n1. The number of nitrogens with zero attached hydrogens (tertiary/aromatic N) is 6. The Hall–Kier alpha value is -3.86. The first-order chi connectivity index (χ1) is 15.9. The molecule has 0 amide bonds. The van der Waals surface area contributed by atoms with Crippen molar-refractivity contribution < 1.29 is 9.63 Å². The van der Waals surface area contributed by atoms with Crippen LogP contribution in [0.2, 0.25) is 0 Å². The number of anilines is 2. The van der Waals surface area contributed by atoms with Gasteiger partial charge >= 0.3 is 0 Å². The second-order valence-electron chi connectivity index (χ2n) is 8.36. The van der Waals surface area contributed by atoms with Gasteiger partial charge in [0.05, 0.1) is 16.9 Å². The zero-order valence-electron chi connectivity index (χ0n) is 18.5. The zero-order chi connectivity index (χ0) is 23.3. The van der Waals surface area contributed by atoms with Crippen molar-refractivity contribution in [3.63, 3.8) is 0 Å². The maximum absolute atomic E-state index is 13.5. The highest BCUT2D eigenvalue weighted by Gasteiger charge is 2.41. The van der Waals surface area contributed by atoms with E-state index in [-0.39, 0.29) is 35.8 Å². The van der Waals surface area contributed by atoms with Crippen LogP contribution in [0.15, 0.2) is 33.8 Å². The third kappa shape index (κ3) is 3.59. The summed E-state index contributed by atoms with van der Waals surface area (Å²) in [5.74, 6) is 1.80. The summed E-state index contributed by atoms with van der Waals surface area (Å²) in [6, 6.07) is 5.07. The molecular formula is C22H24N8O3. The summed E-state index contributed by atoms with van der Waals surface area (Å²) in [5, 5.41) is 17.4. The van der Waals surface area contributed by atoms with E-state index >= 15 is 0 Å². The number of nitrogen functional groups attached to an aromatic ring is 1. The van der Waals surface area contributed by atoms with Gasteiger partial charge in [0.15, 0.2) is 5.82 Å². The molecule has 2 unspecified atom stereocenters. The summed E-state index contributed by atoms with van der Waals surface area (Å²) in [6.45, 7) is 5.51. The van der Waals surface area contributed by atoms with E-state index < -0.39 is 6.04 Å². The van der Waals surface area contributed by atoms with Crippen LogP contribution in [0.25, 0.3) is 22.4 Å². The summed E-state index contributed by atoms with van der Waals surface area (Å²) >= 11 is 0. The highest BCUT2D eigenvalue weighted by atomic mass is 16.5. The predicted molar refractivity (Wildman–Crippen MR) is 121 cm³/mol. The van der Waals surface area contributed by atoms with E-state index in [1.54, 1.807) is 11.5 Å². The van der Waals surface area contributed by atoms with Crippen LogP contribution in [0, 0.1) is 19.8 Å². The Kier molecular flexibility index (Phi) is 5.05. The molecule has 1 aliphatic rings. The van der Waals surface area contributed by atoms with E-state index in [9.17, 15) is 9.90 Å². The van der Waals surface area contributed by atoms with E-state index in [2.05, 4.69) is 25.4 Å². The first-order valence-corrected chi connectivity index (χ1v) is 10.7. The number of hydrogen-bond donors (Lipinski definition) is 3. The number of fused-ring (bicyclic) bond motifs is 1. The maximum Gasteiger partial charge on any atom is 0.265 e. The Morgan fingerprint density at radius 3 is 2.82 bits per heavy atom. The highest BCUT2D eigenvalue weighted by molar-refractivity contribution is 5.81. The smallest absolute Gasteiger partial charge is 0.265 e. The third-order valence-electron chi connectivity index (χ3n) is 5.98. The molecule has 3 atom stereocenters. The lowest BCUT2D eigenvalue weighted by Crippen LogP contribution is -2.29. The summed E-state index contributed by atoms with van der Waals surface area (Å²) < 4.78 is 6.99. The standard InChI is InChI=1S/C22H24N8O3/c1-10-5-4-6-14-16(10)22(32)30(15-7-13(15)8-31)20(28-14)11(2)26-19-17(18(23)24-9-25-19)21-27-12(3)29-33-21/h4-6,9,11,13,15,31H,7-8H2,1-3H3,(H3,23,24,25,26)/t11-,13?,15?/m0/s1. The number of hydrogen-bond acceptors (Lipinski definition) is 10. The molecule has 1 aromatic carbocycles. The lowest BCUT2D eigenvalue weighted by molar-refractivity contribution is 0.267. The normalized spacial score (nSPS) is 18.4. The molecule has 1 aliphatic carbocycles. The van der Waals surface area contributed by atoms with Gasteiger partial charge in [0.25, 0.3) is 11.4 Å². The molecule has 1 saturated carbocycles. The number of nitrogens with one attached hydrogen (secondary N) is 1. The number of aliphatic hydroxyl groups is 1. The van der Waals surface area contributed by atoms with Crippen molar-refractivity contribution in [3.8, 4) is 11.5 Å². The van der Waals surface area contributed by atoms with Crippen molar-refractivity contribution in [2.75, 3.05) is 17.7 Å². The van der Waals surface area contributed by atoms with Gasteiger partial charge in [0.1, 0.15) is 29.4 Å². The molecule has 0 aliphatic heterocycles. The number of rotatable bonds is 6. The summed E-state index contributed by atoms with van der Waals surface area (Å²) in [4.78, 5) is 31.0. The van der Waals surface area contributed by atoms with Crippen molar-refractivity contribution >= 4 is 22.5 Å². The number of aromatic nitrogens is 6. The zero-order valence-corrected chi connectivity index (χ0v) is 18.5. The summed E-state index contributed by atoms with van der Waals surface area (Å²) in [7, 11) is 0. The molecule has 1 fully saturated rings. The highest BCUT2D eigenvalue weighted by Crippen LogP contribution is 2.43. The Balaban J connectivity index is 1.62. The molecule has 33 heavy (non-hydrogen) atoms. The molecule has 4 aromatic rings. The fraction of sp³-hybridized carbons (Fsp3) is 0.364. The largest absolute Gasteiger partial charge is 0.396 e. The second kappa shape index (κ2) is 7.93. The lowest BCUT2D eigenvalue weighted by Gasteiger charge is -2.21. The number of aryl methyl sites for hydroxylation is 2. The van der Waals surface area contributed by atoms with E-state index in [0.29, 0.717) is 33.9 Å². The first kappa shape index (κ1) is 21.0. The quantitative estimate of drug-likeness (QED) is 0.399. The molecule has 0 saturated heterocycles. The Morgan fingerprint density at radius 2 is 2.12 bits per heavy atom. The van der Waals surface area contributed by atoms with E-state index in [0.717, 1.165) is 12.0 Å². The molecule has 3 aromatic heterocycles. The van der Waals surface area contributed by atoms with Crippen molar-refractivity contribution in [1.29, 1.82) is 0 Å². The van der Waals surface area contributed by atoms with Gasteiger partial charge in [-0.05, 0) is 38.8 Å². The van der Waals surface area contributed by atoms with E-state index in [4.69, 9.17) is 15.2 Å². The van der Waals surface area contributed by atoms with Crippen molar-refractivity contribution in [3.05, 3.63) is 52.1 Å². The van der Waals surface area contributed by atoms with Gasteiger partial charge in [-0.1, -0.05) is 17.3 Å². The molecule has 11 heteroatoms. The Bertz CT molecular complexity index is 1410. The average molecular weight is 448 g/mol. The monoisotopic (exact) mass is 448 g/mol. The van der Waals surface area contributed by atoms with Crippen LogP contribution in [0.1, 0.15) is 42.6 Å². The van der Waals surface area contributed by atoms with Gasteiger partial charge in [-0.2, -0.15) is 4.98 Å². The van der Waals surface area contributed by atoms with Crippen molar-refractivity contribution in [2.24, 2.45) is 5.92 Å². The van der Waals surface area contributed by atoms with Crippen LogP contribution in [-0.2, 0) is 0 Å². The van der Waals surface area contributed by atoms with E-state index in [1.165, 1.54) is 6.33 Å². The first-order valence-electron chi connectivity index (χ1n) is 10.7. The Labute approximate surface area is 188 Å². The molecular weight excluding hydrogens is 424 g/mol. The number of benzene rings is 1. The molecule has 170 valence electrons. The van der Waals surface area contributed by atoms with Crippen LogP contribution in [0.4, 0.5) is 11.6 Å². The molecule has 3 heterocycles. The van der Waals surface area contributed by atoms with Gasteiger partial charge in [0.2, 0.25) is 0 Å². The minimum atomic E-state index is -0.431. The number of aliphatic hydroxyl groups excluding tert-OH is 1. The fourth-order valence-electron chi connectivity index (χ4n) is 4.18. The lowest BCUT2D eigenvalue weighted by atomic mass is 10.1. The molecule has 0 spiro atoms. The van der Waals surface area contributed by atoms with Gasteiger partial charge in [-0.25, -0.2) is 15.0 Å². The predicted octanol–water partition coefficient (Wildman–Crippen LogP) is 2.16. The molecule has 0 radical (unpaired) electrons. The van der Waals surface area contributed by atoms with Crippen molar-refractivity contribution in [2.45, 2.75) is 39.3 Å². The average Bonchev–Trinajstić information content (AvgIpc) is 3.44. The molecule has 5 rings (SSSR count). The topological polar surface area (TPSA) is 158 Å². The van der Waals surface area contributed by atoms with Gasteiger partial charge in [-0.15, -0.1) is 0 Å². The van der Waals surface area contributed by atoms with Gasteiger partial charge in [-0.3, -0.25) is 9.36 Å². The minimum Gasteiger partial charge on any atom is -0.396 e.